The Bertz CT molecular complexity index is 665. The summed E-state index contributed by atoms with van der Waals surface area (Å²) in [6, 6.07) is 4.80. The second kappa shape index (κ2) is 5.37. The number of nitrogens with zero attached hydrogens (tertiary/aromatic N) is 3. The number of aryl methyl sites for hydroxylation is 1. The van der Waals surface area contributed by atoms with E-state index in [9.17, 15) is 8.42 Å². The molecule has 0 aromatic carbocycles. The number of nitrogens with one attached hydrogen (secondary N) is 1. The average Bonchev–Trinajstić information content (AvgIpc) is 2.75. The van der Waals surface area contributed by atoms with E-state index in [1.54, 1.807) is 10.9 Å². The lowest BCUT2D eigenvalue weighted by Crippen LogP contribution is -2.27. The van der Waals surface area contributed by atoms with Gasteiger partial charge in [0.25, 0.3) is 0 Å². The number of nitrogen functional groups attached to an aromatic ring is 1. The maximum Gasteiger partial charge on any atom is 0.244 e. The van der Waals surface area contributed by atoms with Crippen molar-refractivity contribution in [3.8, 4) is 0 Å². The standard InChI is InChI=1S/C11H15N5O2S/c1-16-9(4-7-14-16)5-8-15-19(17,18)10-3-2-6-13-11(10)12/h2-4,6-7,15H,5,8H2,1H3,(H2,12,13). The van der Waals surface area contributed by atoms with Gasteiger partial charge in [0.15, 0.2) is 0 Å². The van der Waals surface area contributed by atoms with Gasteiger partial charge in [0.1, 0.15) is 10.7 Å². The van der Waals surface area contributed by atoms with Crippen molar-refractivity contribution in [2.75, 3.05) is 12.3 Å². The van der Waals surface area contributed by atoms with Crippen molar-refractivity contribution >= 4 is 15.8 Å². The first-order chi connectivity index (χ1) is 9.00. The van der Waals surface area contributed by atoms with Crippen LogP contribution in [-0.2, 0) is 23.5 Å². The number of pyridine rings is 1. The number of sulfonamides is 1. The lowest BCUT2D eigenvalue weighted by atomic mass is 10.3. The summed E-state index contributed by atoms with van der Waals surface area (Å²) in [7, 11) is -1.82. The first-order valence-electron chi connectivity index (χ1n) is 5.68. The number of hydrogen-bond donors (Lipinski definition) is 2. The highest BCUT2D eigenvalue weighted by Crippen LogP contribution is 2.13. The van der Waals surface area contributed by atoms with Crippen LogP contribution in [0.3, 0.4) is 0 Å². The van der Waals surface area contributed by atoms with Gasteiger partial charge in [-0.25, -0.2) is 18.1 Å². The summed E-state index contributed by atoms with van der Waals surface area (Å²) in [6.45, 7) is 0.274. The van der Waals surface area contributed by atoms with Gasteiger partial charge in [-0.2, -0.15) is 5.10 Å². The summed E-state index contributed by atoms with van der Waals surface area (Å²) >= 11 is 0. The topological polar surface area (TPSA) is 103 Å². The summed E-state index contributed by atoms with van der Waals surface area (Å²) in [5.74, 6) is -0.00414. The van der Waals surface area contributed by atoms with Crippen molar-refractivity contribution in [1.29, 1.82) is 0 Å². The van der Waals surface area contributed by atoms with Gasteiger partial charge in [-0.1, -0.05) is 0 Å². The van der Waals surface area contributed by atoms with Crippen molar-refractivity contribution in [3.05, 3.63) is 36.3 Å². The molecule has 7 nitrogen and oxygen atoms in total. The molecule has 2 rings (SSSR count). The second-order valence-corrected chi connectivity index (χ2v) is 5.72. The minimum absolute atomic E-state index is 0.00000567. The number of nitrogens with two attached hydrogens (primary N) is 1. The van der Waals surface area contributed by atoms with E-state index in [1.807, 2.05) is 13.1 Å². The molecular weight excluding hydrogens is 266 g/mol. The van der Waals surface area contributed by atoms with Gasteiger partial charge < -0.3 is 5.73 Å². The molecule has 102 valence electrons. The smallest absolute Gasteiger partial charge is 0.244 e. The lowest BCUT2D eigenvalue weighted by molar-refractivity contribution is 0.580. The molecule has 0 fully saturated rings. The minimum atomic E-state index is -3.62. The largest absolute Gasteiger partial charge is 0.383 e. The van der Waals surface area contributed by atoms with E-state index in [0.717, 1.165) is 5.69 Å². The molecule has 0 unspecified atom stereocenters. The molecule has 0 amide bonds. The Morgan fingerprint density at radius 3 is 2.79 bits per heavy atom. The third kappa shape index (κ3) is 3.09. The zero-order chi connectivity index (χ0) is 13.9. The first kappa shape index (κ1) is 13.5. The summed E-state index contributed by atoms with van der Waals surface area (Å²) in [4.78, 5) is 3.76. The van der Waals surface area contributed by atoms with Crippen molar-refractivity contribution < 1.29 is 8.42 Å². The maximum absolute atomic E-state index is 12.0. The van der Waals surface area contributed by atoms with Gasteiger partial charge in [-0.3, -0.25) is 4.68 Å². The Kier molecular flexibility index (Phi) is 3.82. The van der Waals surface area contributed by atoms with Crippen molar-refractivity contribution in [2.24, 2.45) is 7.05 Å². The van der Waals surface area contributed by atoms with Gasteiger partial charge >= 0.3 is 0 Å². The van der Waals surface area contributed by atoms with Gasteiger partial charge in [0.2, 0.25) is 10.0 Å². The molecule has 8 heteroatoms. The summed E-state index contributed by atoms with van der Waals surface area (Å²) < 4.78 is 28.2. The van der Waals surface area contributed by atoms with E-state index in [0.29, 0.717) is 6.42 Å². The van der Waals surface area contributed by atoms with Gasteiger partial charge in [0.05, 0.1) is 0 Å². The Balaban J connectivity index is 2.03. The molecule has 19 heavy (non-hydrogen) atoms. The fourth-order valence-corrected chi connectivity index (χ4v) is 2.78. The van der Waals surface area contributed by atoms with E-state index in [-0.39, 0.29) is 17.3 Å². The average molecular weight is 281 g/mol. The Hall–Kier alpha value is -1.93. The maximum atomic E-state index is 12.0. The van der Waals surface area contributed by atoms with E-state index in [2.05, 4.69) is 14.8 Å². The molecular formula is C11H15N5O2S. The molecule has 3 N–H and O–H groups in total. The predicted molar refractivity (Wildman–Crippen MR) is 70.7 cm³/mol. The Morgan fingerprint density at radius 2 is 2.16 bits per heavy atom. The van der Waals surface area contributed by atoms with Crippen LogP contribution in [0.25, 0.3) is 0 Å². The van der Waals surface area contributed by atoms with Crippen LogP contribution < -0.4 is 10.5 Å². The third-order valence-electron chi connectivity index (χ3n) is 2.68. The number of aromatic nitrogens is 3. The monoisotopic (exact) mass is 281 g/mol. The van der Waals surface area contributed by atoms with Crippen LogP contribution in [0, 0.1) is 0 Å². The van der Waals surface area contributed by atoms with Gasteiger partial charge in [0, 0.05) is 38.1 Å². The van der Waals surface area contributed by atoms with Crippen LogP contribution in [0.2, 0.25) is 0 Å². The fourth-order valence-electron chi connectivity index (χ4n) is 1.67. The van der Waals surface area contributed by atoms with E-state index >= 15 is 0 Å². The molecule has 0 atom stereocenters. The highest BCUT2D eigenvalue weighted by atomic mass is 32.2. The van der Waals surface area contributed by atoms with Crippen LogP contribution in [0.4, 0.5) is 5.82 Å². The fraction of sp³-hybridized carbons (Fsp3) is 0.273. The van der Waals surface area contributed by atoms with Crippen LogP contribution in [0.5, 0.6) is 0 Å². The van der Waals surface area contributed by atoms with Crippen LogP contribution in [0.15, 0.2) is 35.5 Å². The lowest BCUT2D eigenvalue weighted by Gasteiger charge is -2.08. The zero-order valence-corrected chi connectivity index (χ0v) is 11.3. The number of hydrogen-bond acceptors (Lipinski definition) is 5. The zero-order valence-electron chi connectivity index (χ0n) is 10.4. The highest BCUT2D eigenvalue weighted by Gasteiger charge is 2.17. The molecule has 0 aliphatic carbocycles. The number of anilines is 1. The molecule has 0 aliphatic heterocycles. The van der Waals surface area contributed by atoms with Gasteiger partial charge in [-0.05, 0) is 18.2 Å². The molecule has 0 saturated carbocycles. The molecule has 0 bridgehead atoms. The Morgan fingerprint density at radius 1 is 1.37 bits per heavy atom. The van der Waals surface area contributed by atoms with Crippen LogP contribution in [-0.4, -0.2) is 29.7 Å². The third-order valence-corrected chi connectivity index (χ3v) is 4.19. The van der Waals surface area contributed by atoms with E-state index < -0.39 is 10.0 Å². The molecule has 0 aliphatic rings. The SMILES string of the molecule is Cn1nccc1CCNS(=O)(=O)c1cccnc1N. The van der Waals surface area contributed by atoms with Crippen LogP contribution >= 0.6 is 0 Å². The molecule has 0 spiro atoms. The summed E-state index contributed by atoms with van der Waals surface area (Å²) in [5, 5.41) is 4.01. The highest BCUT2D eigenvalue weighted by molar-refractivity contribution is 7.89. The summed E-state index contributed by atoms with van der Waals surface area (Å²) in [6.07, 6.45) is 3.67. The molecule has 0 saturated heterocycles. The first-order valence-corrected chi connectivity index (χ1v) is 7.16. The van der Waals surface area contributed by atoms with Crippen molar-refractivity contribution in [3.63, 3.8) is 0 Å². The number of rotatable bonds is 5. The second-order valence-electron chi connectivity index (χ2n) is 3.98. The normalized spacial score (nSPS) is 11.6. The molecule has 0 radical (unpaired) electrons. The van der Waals surface area contributed by atoms with Crippen molar-refractivity contribution in [1.82, 2.24) is 19.5 Å². The molecule has 2 aromatic heterocycles. The van der Waals surface area contributed by atoms with Gasteiger partial charge in [-0.15, -0.1) is 0 Å². The minimum Gasteiger partial charge on any atom is -0.383 e. The summed E-state index contributed by atoms with van der Waals surface area (Å²) in [5.41, 5.74) is 6.50. The van der Waals surface area contributed by atoms with Crippen molar-refractivity contribution in [2.45, 2.75) is 11.3 Å². The van der Waals surface area contributed by atoms with E-state index in [4.69, 9.17) is 5.73 Å². The van der Waals surface area contributed by atoms with E-state index in [1.165, 1.54) is 18.3 Å². The van der Waals surface area contributed by atoms with Crippen LogP contribution in [0.1, 0.15) is 5.69 Å². The quantitative estimate of drug-likeness (QED) is 0.798. The Labute approximate surface area is 111 Å². The predicted octanol–water partition coefficient (Wildman–Crippen LogP) is -0.0817. The molecule has 2 heterocycles. The molecule has 2 aromatic rings.